The maximum absolute atomic E-state index is 12.6. The minimum absolute atomic E-state index is 0.0109. The monoisotopic (exact) mass is 466 g/mol. The van der Waals surface area contributed by atoms with Gasteiger partial charge in [-0.1, -0.05) is 11.6 Å². The highest BCUT2D eigenvalue weighted by atomic mass is 35.5. The zero-order valence-electron chi connectivity index (χ0n) is 18.4. The number of nitrogens with zero attached hydrogens (tertiary/aromatic N) is 5. The summed E-state index contributed by atoms with van der Waals surface area (Å²) in [6.07, 6.45) is 6.20. The standard InChI is InChI=1S/C24H27ClN6O2/c25-21-12-18(5-7-27-21)28-19-11-17(13-26)24(29-23(19)16-3-4-16)30-8-9-31(22(33)6-10-32)20(14-30)15-1-2-15/h5,7,11-12,15-16,20,32H,1-4,6,8-10,14H2,(H,27,28)/t20-/m0/s1. The molecule has 0 spiro atoms. The van der Waals surface area contributed by atoms with Crippen LogP contribution in [0.15, 0.2) is 24.4 Å². The molecule has 1 aliphatic heterocycles. The summed E-state index contributed by atoms with van der Waals surface area (Å²) >= 11 is 6.04. The van der Waals surface area contributed by atoms with E-state index >= 15 is 0 Å². The summed E-state index contributed by atoms with van der Waals surface area (Å²) < 4.78 is 0. The Bertz CT molecular complexity index is 1090. The lowest BCUT2D eigenvalue weighted by atomic mass is 10.0. The Hall–Kier alpha value is -2.89. The maximum atomic E-state index is 12.6. The average molecular weight is 467 g/mol. The number of piperazine rings is 1. The molecule has 1 atom stereocenters. The van der Waals surface area contributed by atoms with Crippen LogP contribution in [-0.4, -0.2) is 58.2 Å². The Labute approximate surface area is 198 Å². The molecule has 1 saturated heterocycles. The lowest BCUT2D eigenvalue weighted by Crippen LogP contribution is -2.56. The first-order valence-corrected chi connectivity index (χ1v) is 11.9. The number of nitrogens with one attached hydrogen (secondary N) is 1. The van der Waals surface area contributed by atoms with Crippen molar-refractivity contribution in [1.82, 2.24) is 14.9 Å². The number of aliphatic hydroxyl groups is 1. The van der Waals surface area contributed by atoms with Gasteiger partial charge in [-0.05, 0) is 49.8 Å². The first-order valence-electron chi connectivity index (χ1n) is 11.6. The molecule has 9 heteroatoms. The number of amides is 1. The van der Waals surface area contributed by atoms with E-state index in [4.69, 9.17) is 16.6 Å². The van der Waals surface area contributed by atoms with E-state index in [-0.39, 0.29) is 25.0 Å². The highest BCUT2D eigenvalue weighted by molar-refractivity contribution is 6.29. The topological polar surface area (TPSA) is 105 Å². The Balaban J connectivity index is 1.44. The van der Waals surface area contributed by atoms with Crippen LogP contribution in [0.5, 0.6) is 0 Å². The number of hydrogen-bond donors (Lipinski definition) is 2. The molecule has 3 aliphatic rings. The van der Waals surface area contributed by atoms with Crippen LogP contribution in [0.25, 0.3) is 0 Å². The van der Waals surface area contributed by atoms with Crippen molar-refractivity contribution < 1.29 is 9.90 Å². The molecule has 0 bridgehead atoms. The second-order valence-corrected chi connectivity index (χ2v) is 9.47. The Morgan fingerprint density at radius 2 is 2.09 bits per heavy atom. The SMILES string of the molecule is N#Cc1cc(Nc2ccnc(Cl)c2)c(C2CC2)nc1N1CCN(C(=O)CCO)[C@H](C2CC2)C1. The van der Waals surface area contributed by atoms with Gasteiger partial charge >= 0.3 is 0 Å². The van der Waals surface area contributed by atoms with Gasteiger partial charge in [0, 0.05) is 43.9 Å². The fourth-order valence-electron chi connectivity index (χ4n) is 4.68. The smallest absolute Gasteiger partial charge is 0.225 e. The number of carbonyl (C=O) groups excluding carboxylic acids is 1. The van der Waals surface area contributed by atoms with E-state index in [2.05, 4.69) is 21.3 Å². The molecule has 2 N–H and O–H groups in total. The summed E-state index contributed by atoms with van der Waals surface area (Å²) in [5, 5.41) is 23.0. The fraction of sp³-hybridized carbons (Fsp3) is 0.500. The highest BCUT2D eigenvalue weighted by Gasteiger charge is 2.41. The zero-order chi connectivity index (χ0) is 22.9. The average Bonchev–Trinajstić information content (AvgIpc) is 3.71. The summed E-state index contributed by atoms with van der Waals surface area (Å²) in [5.41, 5.74) is 3.13. The largest absolute Gasteiger partial charge is 0.396 e. The van der Waals surface area contributed by atoms with E-state index in [9.17, 15) is 15.2 Å². The van der Waals surface area contributed by atoms with Gasteiger partial charge in [0.25, 0.3) is 0 Å². The van der Waals surface area contributed by atoms with Crippen molar-refractivity contribution in [3.05, 3.63) is 40.8 Å². The van der Waals surface area contributed by atoms with Crippen molar-refractivity contribution in [2.45, 2.75) is 44.1 Å². The van der Waals surface area contributed by atoms with Gasteiger partial charge in [0.1, 0.15) is 17.0 Å². The molecule has 5 rings (SSSR count). The molecule has 1 amide bonds. The van der Waals surface area contributed by atoms with Gasteiger partial charge in [-0.3, -0.25) is 4.79 Å². The zero-order valence-corrected chi connectivity index (χ0v) is 19.1. The molecule has 0 unspecified atom stereocenters. The molecule has 172 valence electrons. The molecular formula is C24H27ClN6O2. The first-order chi connectivity index (χ1) is 16.1. The minimum atomic E-state index is -0.127. The number of pyridine rings is 2. The van der Waals surface area contributed by atoms with Gasteiger partial charge in [0.05, 0.1) is 29.6 Å². The first kappa shape index (κ1) is 21.9. The normalized spacial score (nSPS) is 20.5. The lowest BCUT2D eigenvalue weighted by molar-refractivity contribution is -0.135. The quantitative estimate of drug-likeness (QED) is 0.602. The summed E-state index contributed by atoms with van der Waals surface area (Å²) in [7, 11) is 0. The third-order valence-corrected chi connectivity index (χ3v) is 6.86. The number of rotatable bonds is 7. The molecule has 3 fully saturated rings. The van der Waals surface area contributed by atoms with Gasteiger partial charge in [0.2, 0.25) is 5.91 Å². The fourth-order valence-corrected chi connectivity index (χ4v) is 4.85. The van der Waals surface area contributed by atoms with Crippen molar-refractivity contribution in [3.8, 4) is 6.07 Å². The van der Waals surface area contributed by atoms with E-state index < -0.39 is 0 Å². The van der Waals surface area contributed by atoms with Crippen molar-refractivity contribution in [2.24, 2.45) is 5.92 Å². The predicted octanol–water partition coefficient (Wildman–Crippen LogP) is 3.43. The highest BCUT2D eigenvalue weighted by Crippen LogP contribution is 2.45. The van der Waals surface area contributed by atoms with Gasteiger partial charge in [-0.2, -0.15) is 5.26 Å². The van der Waals surface area contributed by atoms with Crippen LogP contribution >= 0.6 is 11.6 Å². The number of aromatic nitrogens is 2. The van der Waals surface area contributed by atoms with E-state index in [1.807, 2.05) is 17.0 Å². The summed E-state index contributed by atoms with van der Waals surface area (Å²) in [4.78, 5) is 25.7. The van der Waals surface area contributed by atoms with Gasteiger partial charge in [0.15, 0.2) is 0 Å². The molecule has 2 aromatic heterocycles. The molecule has 0 aromatic carbocycles. The number of anilines is 3. The third-order valence-electron chi connectivity index (χ3n) is 6.65. The van der Waals surface area contributed by atoms with Crippen molar-refractivity contribution in [2.75, 3.05) is 36.5 Å². The number of nitriles is 1. The number of halogens is 1. The summed E-state index contributed by atoms with van der Waals surface area (Å²) in [5.74, 6) is 1.58. The predicted molar refractivity (Wildman–Crippen MR) is 126 cm³/mol. The molecule has 33 heavy (non-hydrogen) atoms. The maximum Gasteiger partial charge on any atom is 0.225 e. The second-order valence-electron chi connectivity index (χ2n) is 9.08. The number of hydrogen-bond acceptors (Lipinski definition) is 7. The van der Waals surface area contributed by atoms with Crippen molar-refractivity contribution >= 4 is 34.7 Å². The molecular weight excluding hydrogens is 440 g/mol. The second kappa shape index (κ2) is 9.16. The Morgan fingerprint density at radius 3 is 2.76 bits per heavy atom. The van der Waals surface area contributed by atoms with Gasteiger partial charge < -0.3 is 20.2 Å². The van der Waals surface area contributed by atoms with Crippen LogP contribution in [0.3, 0.4) is 0 Å². The number of aliphatic hydroxyl groups excluding tert-OH is 1. The van der Waals surface area contributed by atoms with Crippen LogP contribution < -0.4 is 10.2 Å². The lowest BCUT2D eigenvalue weighted by Gasteiger charge is -2.42. The van der Waals surface area contributed by atoms with Crippen LogP contribution in [-0.2, 0) is 4.79 Å². The third kappa shape index (κ3) is 4.75. The van der Waals surface area contributed by atoms with E-state index in [1.165, 1.54) is 0 Å². The molecule has 8 nitrogen and oxygen atoms in total. The van der Waals surface area contributed by atoms with Crippen LogP contribution in [0.1, 0.15) is 49.3 Å². The summed E-state index contributed by atoms with van der Waals surface area (Å²) in [6, 6.07) is 7.92. The van der Waals surface area contributed by atoms with E-state index in [1.54, 1.807) is 12.3 Å². The molecule has 2 aromatic rings. The van der Waals surface area contributed by atoms with Crippen LogP contribution in [0.4, 0.5) is 17.2 Å². The van der Waals surface area contributed by atoms with Crippen molar-refractivity contribution in [3.63, 3.8) is 0 Å². The molecule has 2 aliphatic carbocycles. The summed E-state index contributed by atoms with van der Waals surface area (Å²) in [6.45, 7) is 1.75. The van der Waals surface area contributed by atoms with Gasteiger partial charge in [-0.25, -0.2) is 9.97 Å². The molecule has 0 radical (unpaired) electrons. The van der Waals surface area contributed by atoms with Crippen molar-refractivity contribution in [1.29, 1.82) is 5.26 Å². The molecule has 3 heterocycles. The van der Waals surface area contributed by atoms with E-state index in [0.29, 0.717) is 48.0 Å². The van der Waals surface area contributed by atoms with Crippen LogP contribution in [0.2, 0.25) is 5.15 Å². The Kier molecular flexibility index (Phi) is 6.09. The van der Waals surface area contributed by atoms with Crippen LogP contribution in [0, 0.1) is 17.2 Å². The van der Waals surface area contributed by atoms with Gasteiger partial charge in [-0.15, -0.1) is 0 Å². The minimum Gasteiger partial charge on any atom is -0.396 e. The number of carbonyl (C=O) groups is 1. The van der Waals surface area contributed by atoms with E-state index in [0.717, 1.165) is 42.8 Å². The Morgan fingerprint density at radius 1 is 1.27 bits per heavy atom. The molecule has 2 saturated carbocycles.